The number of nitrogens with zero attached hydrogens (tertiary/aromatic N) is 1. The van der Waals surface area contributed by atoms with Gasteiger partial charge in [0.2, 0.25) is 0 Å². The van der Waals surface area contributed by atoms with Gasteiger partial charge in [0.1, 0.15) is 0 Å². The molecule has 0 fully saturated rings. The second-order valence-electron chi connectivity index (χ2n) is 4.24. The fraction of sp³-hybridized carbons (Fsp3) is 0.125. The average molecular weight is 285 g/mol. The predicted octanol–water partition coefficient (Wildman–Crippen LogP) is 3.24. The van der Waals surface area contributed by atoms with Crippen molar-refractivity contribution in [3.05, 3.63) is 53.6 Å². The van der Waals surface area contributed by atoms with E-state index in [4.69, 9.17) is 9.84 Å². The second-order valence-corrected chi connectivity index (χ2v) is 4.24. The molecule has 0 radical (unpaired) electrons. The Hall–Kier alpha value is -2.82. The standard InChI is InChI=1S/C16H15NO4/c1-2-21-14-8-4-6-12(15(14)18)10-17-13-7-3-5-11(9-13)16(19)20/h3-10,18H,2H2,1H3,(H,19,20). The maximum absolute atomic E-state index is 10.9. The SMILES string of the molecule is CCOc1cccc(C=Nc2cccc(C(=O)O)c2)c1O. The third kappa shape index (κ3) is 3.60. The molecule has 2 N–H and O–H groups in total. The molecule has 0 saturated carbocycles. The van der Waals surface area contributed by atoms with E-state index >= 15 is 0 Å². The molecule has 108 valence electrons. The van der Waals surface area contributed by atoms with Crippen LogP contribution in [0.1, 0.15) is 22.8 Å². The van der Waals surface area contributed by atoms with Gasteiger partial charge in [-0.05, 0) is 37.3 Å². The molecule has 0 unspecified atom stereocenters. The predicted molar refractivity (Wildman–Crippen MR) is 79.9 cm³/mol. The summed E-state index contributed by atoms with van der Waals surface area (Å²) in [7, 11) is 0. The molecule has 0 spiro atoms. The van der Waals surface area contributed by atoms with Crippen LogP contribution in [0.3, 0.4) is 0 Å². The Morgan fingerprint density at radius 2 is 2.05 bits per heavy atom. The van der Waals surface area contributed by atoms with Crippen molar-refractivity contribution in [1.82, 2.24) is 0 Å². The third-order valence-electron chi connectivity index (χ3n) is 2.78. The highest BCUT2D eigenvalue weighted by atomic mass is 16.5. The van der Waals surface area contributed by atoms with E-state index in [1.807, 2.05) is 6.92 Å². The van der Waals surface area contributed by atoms with Crippen LogP contribution in [0.5, 0.6) is 11.5 Å². The van der Waals surface area contributed by atoms with Crippen LogP contribution in [0.4, 0.5) is 5.69 Å². The van der Waals surface area contributed by atoms with E-state index in [2.05, 4.69) is 4.99 Å². The van der Waals surface area contributed by atoms with Crippen molar-refractivity contribution in [2.75, 3.05) is 6.61 Å². The molecule has 5 heteroatoms. The summed E-state index contributed by atoms with van der Waals surface area (Å²) in [4.78, 5) is 15.1. The van der Waals surface area contributed by atoms with Gasteiger partial charge in [-0.15, -0.1) is 0 Å². The van der Waals surface area contributed by atoms with E-state index in [-0.39, 0.29) is 11.3 Å². The molecular formula is C16H15NO4. The van der Waals surface area contributed by atoms with Gasteiger partial charge in [0.05, 0.1) is 17.9 Å². The molecule has 0 aliphatic carbocycles. The molecule has 0 aromatic heterocycles. The molecule has 5 nitrogen and oxygen atoms in total. The van der Waals surface area contributed by atoms with Crippen molar-refractivity contribution in [1.29, 1.82) is 0 Å². The highest BCUT2D eigenvalue weighted by Crippen LogP contribution is 2.29. The number of para-hydroxylation sites is 1. The fourth-order valence-electron chi connectivity index (χ4n) is 1.78. The topological polar surface area (TPSA) is 79.1 Å². The molecule has 0 aliphatic heterocycles. The number of hydrogen-bond acceptors (Lipinski definition) is 4. The number of aromatic carboxylic acids is 1. The molecule has 2 aromatic rings. The van der Waals surface area contributed by atoms with Crippen LogP contribution in [-0.2, 0) is 0 Å². The number of carboxylic acids is 1. The first-order valence-corrected chi connectivity index (χ1v) is 6.44. The molecule has 21 heavy (non-hydrogen) atoms. The summed E-state index contributed by atoms with van der Waals surface area (Å²) in [6.45, 7) is 2.28. The number of phenolic OH excluding ortho intramolecular Hbond substituents is 1. The lowest BCUT2D eigenvalue weighted by molar-refractivity contribution is 0.0697. The summed E-state index contributed by atoms with van der Waals surface area (Å²) in [5, 5.41) is 19.0. The van der Waals surface area contributed by atoms with Crippen molar-refractivity contribution >= 4 is 17.9 Å². The number of carboxylic acid groups (broad SMARTS) is 1. The van der Waals surface area contributed by atoms with Crippen LogP contribution in [0.15, 0.2) is 47.5 Å². The largest absolute Gasteiger partial charge is 0.504 e. The fourth-order valence-corrected chi connectivity index (χ4v) is 1.78. The minimum atomic E-state index is -1.01. The first kappa shape index (κ1) is 14.6. The van der Waals surface area contributed by atoms with E-state index in [1.54, 1.807) is 30.3 Å². The molecule has 0 amide bonds. The Bertz CT molecular complexity index is 680. The van der Waals surface area contributed by atoms with Gasteiger partial charge in [-0.2, -0.15) is 0 Å². The van der Waals surface area contributed by atoms with E-state index < -0.39 is 5.97 Å². The lowest BCUT2D eigenvalue weighted by Gasteiger charge is -2.07. The zero-order valence-corrected chi connectivity index (χ0v) is 11.5. The molecular weight excluding hydrogens is 270 g/mol. The smallest absolute Gasteiger partial charge is 0.335 e. The lowest BCUT2D eigenvalue weighted by Crippen LogP contribution is -1.95. The summed E-state index contributed by atoms with van der Waals surface area (Å²) >= 11 is 0. The Labute approximate surface area is 122 Å². The summed E-state index contributed by atoms with van der Waals surface area (Å²) in [6.07, 6.45) is 1.47. The number of rotatable bonds is 5. The van der Waals surface area contributed by atoms with Crippen molar-refractivity contribution in [3.63, 3.8) is 0 Å². The summed E-state index contributed by atoms with van der Waals surface area (Å²) in [5.74, 6) is -0.605. The van der Waals surface area contributed by atoms with Crippen LogP contribution < -0.4 is 4.74 Å². The monoisotopic (exact) mass is 285 g/mol. The quantitative estimate of drug-likeness (QED) is 0.826. The van der Waals surface area contributed by atoms with Gasteiger partial charge in [-0.1, -0.05) is 12.1 Å². The molecule has 0 heterocycles. The van der Waals surface area contributed by atoms with Crippen LogP contribution >= 0.6 is 0 Å². The number of ether oxygens (including phenoxy) is 1. The highest BCUT2D eigenvalue weighted by molar-refractivity contribution is 5.90. The number of hydrogen-bond donors (Lipinski definition) is 2. The third-order valence-corrected chi connectivity index (χ3v) is 2.78. The van der Waals surface area contributed by atoms with Crippen LogP contribution in [0.2, 0.25) is 0 Å². The maximum atomic E-state index is 10.9. The van der Waals surface area contributed by atoms with Gasteiger partial charge in [0.15, 0.2) is 11.5 Å². The van der Waals surface area contributed by atoms with Crippen LogP contribution in [0, 0.1) is 0 Å². The summed E-state index contributed by atoms with van der Waals surface area (Å²) in [6, 6.07) is 11.4. The number of aliphatic imine (C=N–C) groups is 1. The minimum Gasteiger partial charge on any atom is -0.504 e. The first-order chi connectivity index (χ1) is 10.1. The van der Waals surface area contributed by atoms with Crippen molar-refractivity contribution in [2.45, 2.75) is 6.92 Å². The Balaban J connectivity index is 2.27. The first-order valence-electron chi connectivity index (χ1n) is 6.44. The van der Waals surface area contributed by atoms with Crippen molar-refractivity contribution < 1.29 is 19.7 Å². The Morgan fingerprint density at radius 3 is 2.76 bits per heavy atom. The zero-order chi connectivity index (χ0) is 15.2. The Kier molecular flexibility index (Phi) is 4.56. The minimum absolute atomic E-state index is 0.0116. The maximum Gasteiger partial charge on any atom is 0.335 e. The lowest BCUT2D eigenvalue weighted by atomic mass is 10.2. The molecule has 0 bridgehead atoms. The number of phenols is 1. The summed E-state index contributed by atoms with van der Waals surface area (Å²) in [5.41, 5.74) is 1.16. The second kappa shape index (κ2) is 6.56. The zero-order valence-electron chi connectivity index (χ0n) is 11.5. The number of benzene rings is 2. The summed E-state index contributed by atoms with van der Waals surface area (Å²) < 4.78 is 5.29. The van der Waals surface area contributed by atoms with E-state index in [1.165, 1.54) is 18.3 Å². The van der Waals surface area contributed by atoms with Gasteiger partial charge in [0, 0.05) is 11.8 Å². The number of carbonyl (C=O) groups is 1. The van der Waals surface area contributed by atoms with Crippen molar-refractivity contribution in [3.8, 4) is 11.5 Å². The Morgan fingerprint density at radius 1 is 1.29 bits per heavy atom. The van der Waals surface area contributed by atoms with Gasteiger partial charge in [-0.3, -0.25) is 4.99 Å². The van der Waals surface area contributed by atoms with E-state index in [0.717, 1.165) is 0 Å². The molecule has 0 aliphatic rings. The van der Waals surface area contributed by atoms with Crippen LogP contribution in [-0.4, -0.2) is 29.0 Å². The van der Waals surface area contributed by atoms with Gasteiger partial charge in [0.25, 0.3) is 0 Å². The molecule has 0 atom stereocenters. The highest BCUT2D eigenvalue weighted by Gasteiger charge is 2.06. The van der Waals surface area contributed by atoms with Gasteiger partial charge >= 0.3 is 5.97 Å². The molecule has 2 rings (SSSR count). The van der Waals surface area contributed by atoms with Gasteiger partial charge in [-0.25, -0.2) is 4.79 Å². The van der Waals surface area contributed by atoms with Gasteiger partial charge < -0.3 is 14.9 Å². The average Bonchev–Trinajstić information content (AvgIpc) is 2.48. The van der Waals surface area contributed by atoms with Crippen LogP contribution in [0.25, 0.3) is 0 Å². The normalized spacial score (nSPS) is 10.7. The number of aromatic hydroxyl groups is 1. The van der Waals surface area contributed by atoms with E-state index in [9.17, 15) is 9.90 Å². The van der Waals surface area contributed by atoms with Crippen molar-refractivity contribution in [2.24, 2.45) is 4.99 Å². The van der Waals surface area contributed by atoms with E-state index in [0.29, 0.717) is 23.6 Å². The molecule has 0 saturated heterocycles. The molecule has 2 aromatic carbocycles.